The van der Waals surface area contributed by atoms with Crippen LogP contribution in [-0.4, -0.2) is 15.0 Å². The average Bonchev–Trinajstić information content (AvgIpc) is 3.77. The van der Waals surface area contributed by atoms with Crippen molar-refractivity contribution in [3.8, 4) is 34.2 Å². The van der Waals surface area contributed by atoms with E-state index in [-0.39, 0.29) is 0 Å². The molecule has 45 heavy (non-hydrogen) atoms. The first-order valence-corrected chi connectivity index (χ1v) is 15.6. The molecule has 0 aliphatic carbocycles. The van der Waals surface area contributed by atoms with Crippen molar-refractivity contribution in [2.45, 2.75) is 0 Å². The van der Waals surface area contributed by atoms with E-state index in [2.05, 4.69) is 72.8 Å². The van der Waals surface area contributed by atoms with Crippen molar-refractivity contribution >= 4 is 75.4 Å². The van der Waals surface area contributed by atoms with Crippen molar-refractivity contribution in [2.24, 2.45) is 0 Å². The van der Waals surface area contributed by atoms with Crippen LogP contribution in [-0.2, 0) is 0 Å². The van der Waals surface area contributed by atoms with Gasteiger partial charge in [-0.3, -0.25) is 0 Å². The lowest BCUT2D eigenvalue weighted by atomic mass is 10.1. The molecule has 0 N–H and O–H groups in total. The molecule has 0 amide bonds. The summed E-state index contributed by atoms with van der Waals surface area (Å²) in [7, 11) is 0. The Balaban J connectivity index is 1.19. The molecule has 5 nitrogen and oxygen atoms in total. The Kier molecular flexibility index (Phi) is 5.09. The number of benzene rings is 6. The zero-order valence-electron chi connectivity index (χ0n) is 23.7. The largest absolute Gasteiger partial charge is 0.456 e. The first-order valence-electron chi connectivity index (χ1n) is 14.8. The SMILES string of the molecule is c1ccc(-c2nc(-c3ccc4c(c3)oc3cc5c(cc34)oc3ccccc35)nc(-c3cccc4sc5ccccc5c34)n2)cc1. The number of hydrogen-bond donors (Lipinski definition) is 0. The van der Waals surface area contributed by atoms with Crippen LogP contribution in [0.4, 0.5) is 0 Å². The standard InChI is InChI=1S/C39H21N3O2S/c1-2-9-22(10-3-1)37-40-38(42-39(41-37)27-13-8-16-35-36(27)26-12-5-7-15-34(26)45-35)23-17-18-25-29-21-32-28(20-33(29)44-31(25)19-23)24-11-4-6-14-30(24)43-32/h1-21H. The lowest BCUT2D eigenvalue weighted by Gasteiger charge is -2.09. The Labute approximate surface area is 260 Å². The third kappa shape index (κ3) is 3.76. The van der Waals surface area contributed by atoms with Gasteiger partial charge in [0.15, 0.2) is 17.5 Å². The molecule has 4 aromatic heterocycles. The Morgan fingerprint density at radius 3 is 1.87 bits per heavy atom. The van der Waals surface area contributed by atoms with Gasteiger partial charge >= 0.3 is 0 Å². The zero-order chi connectivity index (χ0) is 29.5. The van der Waals surface area contributed by atoms with Crippen LogP contribution in [0.2, 0.25) is 0 Å². The maximum absolute atomic E-state index is 6.45. The Morgan fingerprint density at radius 2 is 1.02 bits per heavy atom. The van der Waals surface area contributed by atoms with Gasteiger partial charge in [-0.1, -0.05) is 84.9 Å². The molecule has 0 spiro atoms. The minimum atomic E-state index is 0.595. The van der Waals surface area contributed by atoms with E-state index in [4.69, 9.17) is 23.8 Å². The van der Waals surface area contributed by atoms with E-state index in [1.54, 1.807) is 11.3 Å². The number of hydrogen-bond acceptors (Lipinski definition) is 6. The van der Waals surface area contributed by atoms with Crippen LogP contribution in [0.5, 0.6) is 0 Å². The fraction of sp³-hybridized carbons (Fsp3) is 0. The van der Waals surface area contributed by atoms with Crippen LogP contribution in [0.25, 0.3) is 98.2 Å². The van der Waals surface area contributed by atoms with Gasteiger partial charge in [0.2, 0.25) is 0 Å². The molecule has 210 valence electrons. The van der Waals surface area contributed by atoms with Gasteiger partial charge in [0.05, 0.1) is 0 Å². The van der Waals surface area contributed by atoms with E-state index < -0.39 is 0 Å². The quantitative estimate of drug-likeness (QED) is 0.203. The van der Waals surface area contributed by atoms with E-state index in [0.29, 0.717) is 17.5 Å². The van der Waals surface area contributed by atoms with Crippen molar-refractivity contribution in [1.82, 2.24) is 15.0 Å². The molecule has 4 heterocycles. The maximum atomic E-state index is 6.45. The molecule has 10 rings (SSSR count). The molecular formula is C39H21N3O2S. The average molecular weight is 596 g/mol. The zero-order valence-corrected chi connectivity index (χ0v) is 24.5. The van der Waals surface area contributed by atoms with Gasteiger partial charge in [-0.15, -0.1) is 11.3 Å². The van der Waals surface area contributed by atoms with Crippen LogP contribution >= 0.6 is 11.3 Å². The van der Waals surface area contributed by atoms with Gasteiger partial charge in [0.1, 0.15) is 22.3 Å². The summed E-state index contributed by atoms with van der Waals surface area (Å²) in [6.07, 6.45) is 0. The highest BCUT2D eigenvalue weighted by Gasteiger charge is 2.18. The van der Waals surface area contributed by atoms with E-state index >= 15 is 0 Å². The first-order chi connectivity index (χ1) is 22.3. The third-order valence-electron chi connectivity index (χ3n) is 8.54. The van der Waals surface area contributed by atoms with Gasteiger partial charge in [-0.25, -0.2) is 15.0 Å². The van der Waals surface area contributed by atoms with Gasteiger partial charge in [-0.2, -0.15) is 0 Å². The monoisotopic (exact) mass is 595 g/mol. The smallest absolute Gasteiger partial charge is 0.164 e. The second-order valence-corrected chi connectivity index (χ2v) is 12.3. The van der Waals surface area contributed by atoms with Crippen molar-refractivity contribution in [1.29, 1.82) is 0 Å². The summed E-state index contributed by atoms with van der Waals surface area (Å²) in [5.41, 5.74) is 6.10. The highest BCUT2D eigenvalue weighted by Crippen LogP contribution is 2.41. The van der Waals surface area contributed by atoms with Crippen LogP contribution < -0.4 is 0 Å². The number of fused-ring (bicyclic) bond motifs is 9. The molecule has 0 unspecified atom stereocenters. The summed E-state index contributed by atoms with van der Waals surface area (Å²) in [5.74, 6) is 1.87. The molecule has 0 saturated heterocycles. The van der Waals surface area contributed by atoms with Gasteiger partial charge in [0, 0.05) is 58.4 Å². The molecule has 0 aliphatic rings. The highest BCUT2D eigenvalue weighted by atomic mass is 32.1. The molecule has 0 atom stereocenters. The molecule has 0 aliphatic heterocycles. The van der Waals surface area contributed by atoms with Crippen LogP contribution in [0.1, 0.15) is 0 Å². The van der Waals surface area contributed by atoms with E-state index in [9.17, 15) is 0 Å². The number of rotatable bonds is 3. The maximum Gasteiger partial charge on any atom is 0.164 e. The minimum absolute atomic E-state index is 0.595. The van der Waals surface area contributed by atoms with Crippen LogP contribution in [0, 0.1) is 0 Å². The highest BCUT2D eigenvalue weighted by molar-refractivity contribution is 7.25. The fourth-order valence-electron chi connectivity index (χ4n) is 6.44. The number of thiophene rings is 1. The second kappa shape index (κ2) is 9.32. The summed E-state index contributed by atoms with van der Waals surface area (Å²) in [4.78, 5) is 15.1. The molecule has 6 aromatic carbocycles. The second-order valence-electron chi connectivity index (χ2n) is 11.2. The molecule has 10 aromatic rings. The Hall–Kier alpha value is -5.85. The predicted molar refractivity (Wildman–Crippen MR) is 184 cm³/mol. The Bertz CT molecular complexity index is 2770. The third-order valence-corrected chi connectivity index (χ3v) is 9.68. The first kappa shape index (κ1) is 24.6. The van der Waals surface area contributed by atoms with Gasteiger partial charge < -0.3 is 8.83 Å². The van der Waals surface area contributed by atoms with E-state index in [0.717, 1.165) is 60.6 Å². The molecule has 0 fully saturated rings. The number of furan rings is 2. The van der Waals surface area contributed by atoms with Gasteiger partial charge in [-0.05, 0) is 42.5 Å². The molecule has 0 bridgehead atoms. The van der Waals surface area contributed by atoms with Gasteiger partial charge in [0.25, 0.3) is 0 Å². The van der Waals surface area contributed by atoms with E-state index in [1.807, 2.05) is 54.6 Å². The summed E-state index contributed by atoms with van der Waals surface area (Å²) in [5, 5.41) is 6.53. The lowest BCUT2D eigenvalue weighted by molar-refractivity contribution is 0.664. The van der Waals surface area contributed by atoms with Crippen LogP contribution in [0.15, 0.2) is 136 Å². The normalized spacial score (nSPS) is 12.0. The van der Waals surface area contributed by atoms with Crippen molar-refractivity contribution in [3.63, 3.8) is 0 Å². The van der Waals surface area contributed by atoms with Crippen molar-refractivity contribution in [2.75, 3.05) is 0 Å². The van der Waals surface area contributed by atoms with Crippen molar-refractivity contribution < 1.29 is 8.83 Å². The Morgan fingerprint density at radius 1 is 0.400 bits per heavy atom. The lowest BCUT2D eigenvalue weighted by Crippen LogP contribution is -2.00. The molecular weight excluding hydrogens is 575 g/mol. The number of aromatic nitrogens is 3. The number of nitrogens with zero attached hydrogens (tertiary/aromatic N) is 3. The number of para-hydroxylation sites is 1. The summed E-state index contributed by atoms with van der Waals surface area (Å²) in [6.45, 7) is 0. The summed E-state index contributed by atoms with van der Waals surface area (Å²) >= 11 is 1.79. The molecule has 0 radical (unpaired) electrons. The van der Waals surface area contributed by atoms with Crippen molar-refractivity contribution in [3.05, 3.63) is 127 Å². The molecule has 6 heteroatoms. The fourth-order valence-corrected chi connectivity index (χ4v) is 7.57. The predicted octanol–water partition coefficient (Wildman–Crippen LogP) is 11.0. The van der Waals surface area contributed by atoms with E-state index in [1.165, 1.54) is 20.2 Å². The summed E-state index contributed by atoms with van der Waals surface area (Å²) in [6, 6.07) is 43.4. The van der Waals surface area contributed by atoms with Crippen LogP contribution in [0.3, 0.4) is 0 Å². The minimum Gasteiger partial charge on any atom is -0.456 e. The summed E-state index contributed by atoms with van der Waals surface area (Å²) < 4.78 is 15.1. The molecule has 0 saturated carbocycles. The topological polar surface area (TPSA) is 65.0 Å².